The summed E-state index contributed by atoms with van der Waals surface area (Å²) >= 11 is 0. The standard InChI is InChI=1S/C12H9N3O/c16-12-6-9-5-10(14-7-11(9)15-12)8-1-3-13-4-2-8/h1-5,7H,6H2,(H,15,16). The Bertz CT molecular complexity index is 551. The largest absolute Gasteiger partial charge is 0.324 e. The maximum Gasteiger partial charge on any atom is 0.228 e. The van der Waals surface area contributed by atoms with Gasteiger partial charge in [-0.3, -0.25) is 14.8 Å². The molecule has 0 radical (unpaired) electrons. The molecule has 4 nitrogen and oxygen atoms in total. The summed E-state index contributed by atoms with van der Waals surface area (Å²) in [5.41, 5.74) is 3.71. The molecular weight excluding hydrogens is 202 g/mol. The van der Waals surface area contributed by atoms with Gasteiger partial charge in [0.25, 0.3) is 0 Å². The topological polar surface area (TPSA) is 54.9 Å². The van der Waals surface area contributed by atoms with Gasteiger partial charge in [0.2, 0.25) is 5.91 Å². The van der Waals surface area contributed by atoms with Crippen LogP contribution < -0.4 is 5.32 Å². The molecule has 0 bridgehead atoms. The van der Waals surface area contributed by atoms with Crippen LogP contribution in [-0.4, -0.2) is 15.9 Å². The van der Waals surface area contributed by atoms with Gasteiger partial charge in [-0.25, -0.2) is 0 Å². The van der Waals surface area contributed by atoms with Crippen molar-refractivity contribution in [1.82, 2.24) is 9.97 Å². The predicted octanol–water partition coefficient (Wildman–Crippen LogP) is 1.64. The van der Waals surface area contributed by atoms with Gasteiger partial charge in [0.05, 0.1) is 24.0 Å². The Kier molecular flexibility index (Phi) is 1.93. The van der Waals surface area contributed by atoms with Crippen LogP contribution in [0.1, 0.15) is 5.56 Å². The molecule has 1 N–H and O–H groups in total. The van der Waals surface area contributed by atoms with Crippen LogP contribution in [0.15, 0.2) is 36.8 Å². The first-order valence-electron chi connectivity index (χ1n) is 5.02. The van der Waals surface area contributed by atoms with Crippen molar-refractivity contribution in [3.63, 3.8) is 0 Å². The van der Waals surface area contributed by atoms with Crippen LogP contribution in [-0.2, 0) is 11.2 Å². The van der Waals surface area contributed by atoms with Gasteiger partial charge < -0.3 is 5.32 Å². The number of hydrogen-bond acceptors (Lipinski definition) is 3. The van der Waals surface area contributed by atoms with Crippen LogP contribution in [0.3, 0.4) is 0 Å². The Morgan fingerprint density at radius 1 is 1.25 bits per heavy atom. The molecule has 0 unspecified atom stereocenters. The average molecular weight is 211 g/mol. The maximum atomic E-state index is 11.2. The molecule has 2 aromatic heterocycles. The number of carbonyl (C=O) groups excluding carboxylic acids is 1. The third kappa shape index (κ3) is 1.44. The van der Waals surface area contributed by atoms with Gasteiger partial charge in [-0.05, 0) is 23.8 Å². The van der Waals surface area contributed by atoms with Crippen molar-refractivity contribution in [2.45, 2.75) is 6.42 Å². The molecule has 2 aromatic rings. The van der Waals surface area contributed by atoms with Gasteiger partial charge in [-0.15, -0.1) is 0 Å². The molecule has 3 rings (SSSR count). The minimum Gasteiger partial charge on any atom is -0.324 e. The summed E-state index contributed by atoms with van der Waals surface area (Å²) in [6, 6.07) is 5.75. The summed E-state index contributed by atoms with van der Waals surface area (Å²) in [7, 11) is 0. The Morgan fingerprint density at radius 2 is 2.06 bits per heavy atom. The second-order valence-electron chi connectivity index (χ2n) is 3.69. The molecule has 0 saturated carbocycles. The Hall–Kier alpha value is -2.23. The number of fused-ring (bicyclic) bond motifs is 1. The molecule has 0 aliphatic carbocycles. The van der Waals surface area contributed by atoms with Crippen LogP contribution in [0.5, 0.6) is 0 Å². The van der Waals surface area contributed by atoms with Crippen LogP contribution in [0.25, 0.3) is 11.3 Å². The van der Waals surface area contributed by atoms with E-state index in [1.165, 1.54) is 0 Å². The first-order valence-corrected chi connectivity index (χ1v) is 5.02. The van der Waals surface area contributed by atoms with Crippen LogP contribution >= 0.6 is 0 Å². The van der Waals surface area contributed by atoms with E-state index in [9.17, 15) is 4.79 Å². The van der Waals surface area contributed by atoms with Crippen LogP contribution in [0.2, 0.25) is 0 Å². The van der Waals surface area contributed by atoms with Crippen molar-refractivity contribution in [2.75, 3.05) is 5.32 Å². The fourth-order valence-corrected chi connectivity index (χ4v) is 1.80. The molecular formula is C12H9N3O. The normalized spacial score (nSPS) is 13.4. The Balaban J connectivity index is 2.06. The molecule has 0 spiro atoms. The maximum absolute atomic E-state index is 11.2. The number of rotatable bonds is 1. The van der Waals surface area contributed by atoms with Gasteiger partial charge in [0.1, 0.15) is 0 Å². The summed E-state index contributed by atoms with van der Waals surface area (Å²) in [5.74, 6) is 0.0312. The first kappa shape index (κ1) is 9.03. The number of hydrogen-bond donors (Lipinski definition) is 1. The summed E-state index contributed by atoms with van der Waals surface area (Å²) in [4.78, 5) is 19.5. The molecule has 0 atom stereocenters. The van der Waals surface area contributed by atoms with Gasteiger partial charge >= 0.3 is 0 Å². The fourth-order valence-electron chi connectivity index (χ4n) is 1.80. The molecule has 3 heterocycles. The van der Waals surface area contributed by atoms with E-state index < -0.39 is 0 Å². The number of pyridine rings is 2. The highest BCUT2D eigenvalue weighted by atomic mass is 16.1. The van der Waals surface area contributed by atoms with Crippen LogP contribution in [0, 0.1) is 0 Å². The quantitative estimate of drug-likeness (QED) is 0.780. The number of amides is 1. The minimum absolute atomic E-state index is 0.0312. The van der Waals surface area contributed by atoms with E-state index in [1.807, 2.05) is 18.2 Å². The molecule has 1 amide bonds. The van der Waals surface area contributed by atoms with E-state index in [1.54, 1.807) is 18.6 Å². The first-order chi connectivity index (χ1) is 7.83. The average Bonchev–Trinajstić information content (AvgIpc) is 2.69. The lowest BCUT2D eigenvalue weighted by atomic mass is 10.1. The van der Waals surface area contributed by atoms with E-state index in [0.717, 1.165) is 22.5 Å². The zero-order valence-electron chi connectivity index (χ0n) is 8.47. The smallest absolute Gasteiger partial charge is 0.228 e. The number of nitrogens with one attached hydrogen (secondary N) is 1. The second-order valence-corrected chi connectivity index (χ2v) is 3.69. The predicted molar refractivity (Wildman–Crippen MR) is 59.8 cm³/mol. The van der Waals surface area contributed by atoms with Crippen molar-refractivity contribution in [2.24, 2.45) is 0 Å². The molecule has 16 heavy (non-hydrogen) atoms. The molecule has 1 aliphatic rings. The molecule has 0 aromatic carbocycles. The lowest BCUT2D eigenvalue weighted by Gasteiger charge is -2.02. The van der Waals surface area contributed by atoms with Gasteiger partial charge in [0, 0.05) is 18.0 Å². The second kappa shape index (κ2) is 3.41. The zero-order chi connectivity index (χ0) is 11.0. The van der Waals surface area contributed by atoms with Crippen molar-refractivity contribution >= 4 is 11.6 Å². The monoisotopic (exact) mass is 211 g/mol. The van der Waals surface area contributed by atoms with Crippen molar-refractivity contribution in [3.8, 4) is 11.3 Å². The van der Waals surface area contributed by atoms with E-state index >= 15 is 0 Å². The zero-order valence-corrected chi connectivity index (χ0v) is 8.47. The number of aromatic nitrogens is 2. The molecule has 4 heteroatoms. The summed E-state index contributed by atoms with van der Waals surface area (Å²) < 4.78 is 0. The lowest BCUT2D eigenvalue weighted by molar-refractivity contribution is -0.115. The summed E-state index contributed by atoms with van der Waals surface area (Å²) in [6.07, 6.45) is 5.60. The Labute approximate surface area is 92.4 Å². The van der Waals surface area contributed by atoms with Crippen molar-refractivity contribution in [3.05, 3.63) is 42.4 Å². The number of anilines is 1. The van der Waals surface area contributed by atoms with Crippen molar-refractivity contribution in [1.29, 1.82) is 0 Å². The van der Waals surface area contributed by atoms with Crippen LogP contribution in [0.4, 0.5) is 5.69 Å². The molecule has 0 fully saturated rings. The summed E-state index contributed by atoms with van der Waals surface area (Å²) in [6.45, 7) is 0. The molecule has 0 saturated heterocycles. The highest BCUT2D eigenvalue weighted by molar-refractivity contribution is 5.99. The summed E-state index contributed by atoms with van der Waals surface area (Å²) in [5, 5.41) is 2.76. The van der Waals surface area contributed by atoms with E-state index in [4.69, 9.17) is 0 Å². The van der Waals surface area contributed by atoms with E-state index in [-0.39, 0.29) is 5.91 Å². The third-order valence-corrected chi connectivity index (χ3v) is 2.59. The molecule has 78 valence electrons. The van der Waals surface area contributed by atoms with E-state index in [2.05, 4.69) is 15.3 Å². The van der Waals surface area contributed by atoms with Gasteiger partial charge in [-0.2, -0.15) is 0 Å². The SMILES string of the molecule is O=C1Cc2cc(-c3ccncc3)ncc2N1. The van der Waals surface area contributed by atoms with Gasteiger partial charge in [0.15, 0.2) is 0 Å². The fraction of sp³-hybridized carbons (Fsp3) is 0.0833. The minimum atomic E-state index is 0.0312. The van der Waals surface area contributed by atoms with Gasteiger partial charge in [-0.1, -0.05) is 0 Å². The highest BCUT2D eigenvalue weighted by Gasteiger charge is 2.18. The highest BCUT2D eigenvalue weighted by Crippen LogP contribution is 2.26. The lowest BCUT2D eigenvalue weighted by Crippen LogP contribution is -2.03. The van der Waals surface area contributed by atoms with E-state index in [0.29, 0.717) is 6.42 Å². The number of nitrogens with zero attached hydrogens (tertiary/aromatic N) is 2. The number of carbonyl (C=O) groups is 1. The Morgan fingerprint density at radius 3 is 2.88 bits per heavy atom. The third-order valence-electron chi connectivity index (χ3n) is 2.59. The molecule has 1 aliphatic heterocycles. The van der Waals surface area contributed by atoms with Crippen molar-refractivity contribution < 1.29 is 4.79 Å².